The van der Waals surface area contributed by atoms with Gasteiger partial charge in [0.05, 0.1) is 6.33 Å². The van der Waals surface area contributed by atoms with E-state index in [2.05, 4.69) is 15.3 Å². The van der Waals surface area contributed by atoms with Gasteiger partial charge in [0, 0.05) is 31.0 Å². The first kappa shape index (κ1) is 13.8. The van der Waals surface area contributed by atoms with Crippen molar-refractivity contribution in [1.82, 2.24) is 19.9 Å². The Bertz CT molecular complexity index is 537. The lowest BCUT2D eigenvalue weighted by Crippen LogP contribution is -2.25. The minimum atomic E-state index is -0.211. The van der Waals surface area contributed by atoms with E-state index in [0.717, 1.165) is 13.0 Å². The van der Waals surface area contributed by atoms with E-state index in [4.69, 9.17) is 23.2 Å². The molecule has 2 aromatic heterocycles. The molecular weight excluding hydrogens is 287 g/mol. The number of carbonyl (C=O) groups excluding carboxylic acids is 1. The summed E-state index contributed by atoms with van der Waals surface area (Å²) in [5, 5.41) is 3.21. The molecule has 0 spiro atoms. The Morgan fingerprint density at radius 2 is 2.05 bits per heavy atom. The first-order chi connectivity index (χ1) is 9.15. The summed E-state index contributed by atoms with van der Waals surface area (Å²) in [6, 6.07) is 2.97. The second kappa shape index (κ2) is 6.54. The number of nitrogens with zero attached hydrogens (tertiary/aromatic N) is 3. The molecule has 0 aliphatic rings. The molecule has 0 aliphatic heterocycles. The summed E-state index contributed by atoms with van der Waals surface area (Å²) < 4.78 is 1.95. The van der Waals surface area contributed by atoms with Gasteiger partial charge in [0.15, 0.2) is 0 Å². The van der Waals surface area contributed by atoms with Crippen molar-refractivity contribution in [1.29, 1.82) is 0 Å². The van der Waals surface area contributed by atoms with Gasteiger partial charge in [-0.3, -0.25) is 4.79 Å². The van der Waals surface area contributed by atoms with Crippen LogP contribution in [0.25, 0.3) is 0 Å². The summed E-state index contributed by atoms with van der Waals surface area (Å²) >= 11 is 11.5. The Morgan fingerprint density at radius 3 is 2.68 bits per heavy atom. The Balaban J connectivity index is 1.80. The molecule has 1 N–H and O–H groups in total. The molecular formula is C12H12Cl2N4O. The quantitative estimate of drug-likeness (QED) is 0.681. The van der Waals surface area contributed by atoms with Gasteiger partial charge in [-0.25, -0.2) is 9.97 Å². The van der Waals surface area contributed by atoms with Crippen molar-refractivity contribution in [3.05, 3.63) is 46.7 Å². The third-order valence-electron chi connectivity index (χ3n) is 2.46. The van der Waals surface area contributed by atoms with Gasteiger partial charge in [-0.15, -0.1) is 0 Å². The molecule has 0 bridgehead atoms. The molecule has 0 atom stereocenters. The van der Waals surface area contributed by atoms with Crippen LogP contribution in [0.3, 0.4) is 0 Å². The SMILES string of the molecule is O=C(NCCCn1ccnc1)c1cc(Cl)nc(Cl)c1. The molecule has 0 aliphatic carbocycles. The van der Waals surface area contributed by atoms with Gasteiger partial charge in [-0.1, -0.05) is 23.2 Å². The van der Waals surface area contributed by atoms with E-state index < -0.39 is 0 Å². The smallest absolute Gasteiger partial charge is 0.251 e. The van der Waals surface area contributed by atoms with Crippen LogP contribution in [0.15, 0.2) is 30.9 Å². The van der Waals surface area contributed by atoms with E-state index in [1.807, 2.05) is 10.8 Å². The summed E-state index contributed by atoms with van der Waals surface area (Å²) in [4.78, 5) is 19.6. The summed E-state index contributed by atoms with van der Waals surface area (Å²) in [7, 11) is 0. The Morgan fingerprint density at radius 1 is 1.32 bits per heavy atom. The first-order valence-electron chi connectivity index (χ1n) is 5.72. The lowest BCUT2D eigenvalue weighted by Gasteiger charge is -2.06. The van der Waals surface area contributed by atoms with Crippen molar-refractivity contribution in [3.63, 3.8) is 0 Å². The number of carbonyl (C=O) groups is 1. The number of rotatable bonds is 5. The molecule has 0 saturated carbocycles. The van der Waals surface area contributed by atoms with Crippen molar-refractivity contribution < 1.29 is 4.79 Å². The molecule has 2 aromatic rings. The van der Waals surface area contributed by atoms with Crippen LogP contribution < -0.4 is 5.32 Å². The molecule has 2 heterocycles. The lowest BCUT2D eigenvalue weighted by atomic mass is 10.2. The predicted molar refractivity (Wildman–Crippen MR) is 73.4 cm³/mol. The van der Waals surface area contributed by atoms with Crippen LogP contribution in [0, 0.1) is 0 Å². The van der Waals surface area contributed by atoms with E-state index in [9.17, 15) is 4.79 Å². The number of aromatic nitrogens is 3. The van der Waals surface area contributed by atoms with Gasteiger partial charge >= 0.3 is 0 Å². The van der Waals surface area contributed by atoms with E-state index in [1.165, 1.54) is 12.1 Å². The molecule has 2 rings (SSSR count). The van der Waals surface area contributed by atoms with Crippen molar-refractivity contribution in [2.75, 3.05) is 6.54 Å². The number of aryl methyl sites for hydroxylation is 1. The van der Waals surface area contributed by atoms with Crippen LogP contribution >= 0.6 is 23.2 Å². The minimum absolute atomic E-state index is 0.205. The number of pyridine rings is 1. The average Bonchev–Trinajstić information content (AvgIpc) is 2.86. The normalized spacial score (nSPS) is 10.4. The molecule has 0 radical (unpaired) electrons. The largest absolute Gasteiger partial charge is 0.352 e. The summed E-state index contributed by atoms with van der Waals surface area (Å²) in [5.74, 6) is -0.211. The minimum Gasteiger partial charge on any atom is -0.352 e. The van der Waals surface area contributed by atoms with Gasteiger partial charge in [-0.2, -0.15) is 0 Å². The van der Waals surface area contributed by atoms with E-state index >= 15 is 0 Å². The zero-order valence-electron chi connectivity index (χ0n) is 10.0. The maximum Gasteiger partial charge on any atom is 0.251 e. The van der Waals surface area contributed by atoms with Crippen LogP contribution in [0.2, 0.25) is 10.3 Å². The number of nitrogens with one attached hydrogen (secondary N) is 1. The number of imidazole rings is 1. The standard InChI is InChI=1S/C12H12Cl2N4O/c13-10-6-9(7-11(14)17-10)12(19)16-2-1-4-18-5-3-15-8-18/h3,5-8H,1-2,4H2,(H,16,19). The molecule has 0 aromatic carbocycles. The van der Waals surface area contributed by atoms with E-state index in [1.54, 1.807) is 12.5 Å². The maximum absolute atomic E-state index is 11.8. The van der Waals surface area contributed by atoms with Gasteiger partial charge in [0.25, 0.3) is 5.91 Å². The van der Waals surface area contributed by atoms with Gasteiger partial charge in [0.2, 0.25) is 0 Å². The molecule has 1 amide bonds. The Hall–Kier alpha value is -1.59. The zero-order chi connectivity index (χ0) is 13.7. The second-order valence-electron chi connectivity index (χ2n) is 3.91. The second-order valence-corrected chi connectivity index (χ2v) is 4.69. The van der Waals surface area contributed by atoms with Gasteiger partial charge in [-0.05, 0) is 18.6 Å². The van der Waals surface area contributed by atoms with Gasteiger partial charge < -0.3 is 9.88 Å². The fraction of sp³-hybridized carbons (Fsp3) is 0.250. The molecule has 0 unspecified atom stereocenters. The van der Waals surface area contributed by atoms with Gasteiger partial charge in [0.1, 0.15) is 10.3 Å². The monoisotopic (exact) mass is 298 g/mol. The fourth-order valence-corrected chi connectivity index (χ4v) is 2.04. The molecule has 7 heteroatoms. The summed E-state index contributed by atoms with van der Waals surface area (Å²) in [5.41, 5.74) is 0.410. The van der Waals surface area contributed by atoms with Crippen molar-refractivity contribution in [2.24, 2.45) is 0 Å². The highest BCUT2D eigenvalue weighted by molar-refractivity contribution is 6.33. The van der Waals surface area contributed by atoms with Crippen molar-refractivity contribution >= 4 is 29.1 Å². The van der Waals surface area contributed by atoms with Crippen LogP contribution in [0.5, 0.6) is 0 Å². The highest BCUT2D eigenvalue weighted by Crippen LogP contribution is 2.14. The highest BCUT2D eigenvalue weighted by atomic mass is 35.5. The molecule has 0 saturated heterocycles. The predicted octanol–water partition coefficient (Wildman–Crippen LogP) is 2.41. The Labute approximate surface area is 120 Å². The topological polar surface area (TPSA) is 59.8 Å². The molecule has 19 heavy (non-hydrogen) atoms. The summed E-state index contributed by atoms with van der Waals surface area (Å²) in [6.07, 6.45) is 6.16. The number of amides is 1. The van der Waals surface area contributed by atoms with Crippen molar-refractivity contribution in [2.45, 2.75) is 13.0 Å². The lowest BCUT2D eigenvalue weighted by molar-refractivity contribution is 0.0952. The number of hydrogen-bond acceptors (Lipinski definition) is 3. The highest BCUT2D eigenvalue weighted by Gasteiger charge is 2.07. The summed E-state index contributed by atoms with van der Waals surface area (Å²) in [6.45, 7) is 1.37. The third kappa shape index (κ3) is 4.22. The van der Waals surface area contributed by atoms with Crippen molar-refractivity contribution in [3.8, 4) is 0 Å². The first-order valence-corrected chi connectivity index (χ1v) is 6.48. The van der Waals surface area contributed by atoms with Crippen LogP contribution in [0.4, 0.5) is 0 Å². The Kier molecular flexibility index (Phi) is 4.76. The molecule has 0 fully saturated rings. The molecule has 5 nitrogen and oxygen atoms in total. The van der Waals surface area contributed by atoms with E-state index in [0.29, 0.717) is 12.1 Å². The van der Waals surface area contributed by atoms with Crippen LogP contribution in [-0.4, -0.2) is 27.0 Å². The number of halogens is 2. The van der Waals surface area contributed by atoms with Crippen LogP contribution in [0.1, 0.15) is 16.8 Å². The fourth-order valence-electron chi connectivity index (χ4n) is 1.58. The average molecular weight is 299 g/mol. The number of hydrogen-bond donors (Lipinski definition) is 1. The maximum atomic E-state index is 11.8. The molecule has 100 valence electrons. The van der Waals surface area contributed by atoms with E-state index in [-0.39, 0.29) is 16.2 Å². The zero-order valence-corrected chi connectivity index (χ0v) is 11.5. The third-order valence-corrected chi connectivity index (χ3v) is 2.85. The van der Waals surface area contributed by atoms with Crippen LogP contribution in [-0.2, 0) is 6.54 Å².